The lowest BCUT2D eigenvalue weighted by atomic mass is 10.1. The van der Waals surface area contributed by atoms with Gasteiger partial charge in [0.15, 0.2) is 0 Å². The van der Waals surface area contributed by atoms with Gasteiger partial charge in [-0.15, -0.1) is 0 Å². The van der Waals surface area contributed by atoms with Crippen molar-refractivity contribution in [2.75, 3.05) is 38.8 Å². The Morgan fingerprint density at radius 3 is 2.63 bits per heavy atom. The first kappa shape index (κ1) is 14.2. The molecule has 1 saturated heterocycles. The van der Waals surface area contributed by atoms with Gasteiger partial charge < -0.3 is 14.7 Å². The Labute approximate surface area is 114 Å². The second-order valence-corrected chi connectivity index (χ2v) is 5.15. The molecule has 0 radical (unpaired) electrons. The summed E-state index contributed by atoms with van der Waals surface area (Å²) in [6.07, 6.45) is 1.52. The van der Waals surface area contributed by atoms with Crippen LogP contribution in [-0.4, -0.2) is 61.0 Å². The van der Waals surface area contributed by atoms with Gasteiger partial charge in [-0.05, 0) is 18.2 Å². The number of nitrogens with zero attached hydrogens (tertiary/aromatic N) is 3. The number of likely N-dealkylation sites (N-methyl/N-ethyl adjacent to an activating group) is 1. The quantitative estimate of drug-likeness (QED) is 0.850. The Morgan fingerprint density at radius 2 is 2.16 bits per heavy atom. The van der Waals surface area contributed by atoms with Gasteiger partial charge in [0, 0.05) is 26.8 Å². The Hall–Kier alpha value is -1.17. The highest BCUT2D eigenvalue weighted by atomic mass is 16.5. The molecule has 0 spiro atoms. The van der Waals surface area contributed by atoms with Gasteiger partial charge in [0.05, 0.1) is 25.4 Å². The van der Waals surface area contributed by atoms with Crippen LogP contribution in [0.5, 0.6) is 0 Å². The molecule has 0 bridgehead atoms. The first-order valence-electron chi connectivity index (χ1n) is 6.74. The van der Waals surface area contributed by atoms with Crippen LogP contribution in [0.25, 0.3) is 0 Å². The highest BCUT2D eigenvalue weighted by Gasteiger charge is 2.30. The molecule has 1 aromatic rings. The zero-order valence-electron chi connectivity index (χ0n) is 11.9. The van der Waals surface area contributed by atoms with Crippen LogP contribution in [0.2, 0.25) is 0 Å². The molecular formula is C14H23N3O2. The summed E-state index contributed by atoms with van der Waals surface area (Å²) in [4.78, 5) is 8.64. The molecule has 1 aliphatic rings. The monoisotopic (exact) mass is 265 g/mol. The fourth-order valence-corrected chi connectivity index (χ4v) is 2.35. The van der Waals surface area contributed by atoms with Crippen molar-refractivity contribution in [1.82, 2.24) is 9.88 Å². The summed E-state index contributed by atoms with van der Waals surface area (Å²) in [6, 6.07) is 4.20. The average Bonchev–Trinajstić information content (AvgIpc) is 2.83. The van der Waals surface area contributed by atoms with E-state index in [1.54, 1.807) is 0 Å². The number of aliphatic hydroxyl groups excluding tert-OH is 1. The van der Waals surface area contributed by atoms with E-state index in [-0.39, 0.29) is 12.1 Å². The van der Waals surface area contributed by atoms with Crippen molar-refractivity contribution in [3.8, 4) is 0 Å². The molecule has 0 aromatic carbocycles. The molecular weight excluding hydrogens is 242 g/mol. The van der Waals surface area contributed by atoms with Gasteiger partial charge in [-0.1, -0.05) is 13.0 Å². The topological polar surface area (TPSA) is 48.8 Å². The van der Waals surface area contributed by atoms with E-state index >= 15 is 0 Å². The lowest BCUT2D eigenvalue weighted by Crippen LogP contribution is -2.42. The molecule has 2 rings (SSSR count). The van der Waals surface area contributed by atoms with E-state index < -0.39 is 0 Å². The van der Waals surface area contributed by atoms with E-state index in [9.17, 15) is 5.11 Å². The summed E-state index contributed by atoms with van der Waals surface area (Å²) in [6.45, 7) is 4.84. The lowest BCUT2D eigenvalue weighted by molar-refractivity contribution is 0.0808. The van der Waals surface area contributed by atoms with Crippen molar-refractivity contribution in [2.24, 2.45) is 0 Å². The Morgan fingerprint density at radius 1 is 1.37 bits per heavy atom. The van der Waals surface area contributed by atoms with Crippen LogP contribution >= 0.6 is 0 Å². The Bertz CT molecular complexity index is 394. The van der Waals surface area contributed by atoms with Gasteiger partial charge in [-0.25, -0.2) is 4.98 Å². The van der Waals surface area contributed by atoms with Crippen molar-refractivity contribution in [3.63, 3.8) is 0 Å². The minimum absolute atomic E-state index is 0.0959. The fourth-order valence-electron chi connectivity index (χ4n) is 2.35. The van der Waals surface area contributed by atoms with Crippen molar-refractivity contribution in [1.29, 1.82) is 0 Å². The number of aliphatic hydroxyl groups is 1. The molecule has 1 N–H and O–H groups in total. The highest BCUT2D eigenvalue weighted by Crippen LogP contribution is 2.17. The van der Waals surface area contributed by atoms with E-state index in [0.717, 1.165) is 24.5 Å². The van der Waals surface area contributed by atoms with E-state index in [2.05, 4.69) is 22.9 Å². The number of ether oxygens (including phenoxy) is 1. The van der Waals surface area contributed by atoms with Gasteiger partial charge >= 0.3 is 0 Å². The van der Waals surface area contributed by atoms with Gasteiger partial charge in [0.1, 0.15) is 5.82 Å². The fraction of sp³-hybridized carbons (Fsp3) is 0.643. The smallest absolute Gasteiger partial charge is 0.127 e. The predicted molar refractivity (Wildman–Crippen MR) is 75.3 cm³/mol. The number of hydrogen-bond acceptors (Lipinski definition) is 5. The SMILES string of the molecule is CCN(Cc1ccc(N(C)C)nc1)[C@@H]1COC[C@H]1O. The zero-order chi connectivity index (χ0) is 13.8. The summed E-state index contributed by atoms with van der Waals surface area (Å²) in [5.41, 5.74) is 1.16. The molecule has 0 amide bonds. The van der Waals surface area contributed by atoms with Crippen LogP contribution in [0.15, 0.2) is 18.3 Å². The minimum Gasteiger partial charge on any atom is -0.389 e. The van der Waals surface area contributed by atoms with E-state index in [1.807, 2.05) is 31.3 Å². The van der Waals surface area contributed by atoms with Crippen molar-refractivity contribution in [3.05, 3.63) is 23.9 Å². The maximum absolute atomic E-state index is 9.90. The summed E-state index contributed by atoms with van der Waals surface area (Å²) < 4.78 is 5.33. The number of aromatic nitrogens is 1. The zero-order valence-corrected chi connectivity index (χ0v) is 11.9. The molecule has 19 heavy (non-hydrogen) atoms. The molecule has 1 fully saturated rings. The number of pyridine rings is 1. The molecule has 1 aliphatic heterocycles. The maximum atomic E-state index is 9.90. The summed E-state index contributed by atoms with van der Waals surface area (Å²) in [7, 11) is 3.96. The van der Waals surface area contributed by atoms with Crippen LogP contribution in [0, 0.1) is 0 Å². The minimum atomic E-state index is -0.381. The molecule has 2 atom stereocenters. The van der Waals surface area contributed by atoms with E-state index in [0.29, 0.717) is 13.2 Å². The Kier molecular flexibility index (Phi) is 4.74. The second-order valence-electron chi connectivity index (χ2n) is 5.15. The molecule has 0 unspecified atom stereocenters. The van der Waals surface area contributed by atoms with Gasteiger partial charge in [-0.3, -0.25) is 4.90 Å². The Balaban J connectivity index is 2.01. The number of anilines is 1. The molecule has 0 saturated carbocycles. The first-order chi connectivity index (χ1) is 9.11. The third-order valence-electron chi connectivity index (χ3n) is 3.55. The standard InChI is InChI=1S/C14H23N3O2/c1-4-17(12-9-19-10-13(12)18)8-11-5-6-14(15-7-11)16(2)3/h5-7,12-13,18H,4,8-10H2,1-3H3/t12-,13-/m1/s1. The van der Waals surface area contributed by atoms with Crippen LogP contribution in [0.4, 0.5) is 5.82 Å². The predicted octanol–water partition coefficient (Wildman–Crippen LogP) is 0.729. The van der Waals surface area contributed by atoms with Gasteiger partial charge in [-0.2, -0.15) is 0 Å². The van der Waals surface area contributed by atoms with Crippen LogP contribution in [-0.2, 0) is 11.3 Å². The molecule has 5 heteroatoms. The molecule has 5 nitrogen and oxygen atoms in total. The second kappa shape index (κ2) is 6.32. The molecule has 0 aliphatic carbocycles. The largest absolute Gasteiger partial charge is 0.389 e. The number of rotatable bonds is 5. The average molecular weight is 265 g/mol. The highest BCUT2D eigenvalue weighted by molar-refractivity contribution is 5.37. The third kappa shape index (κ3) is 3.43. The molecule has 106 valence electrons. The first-order valence-corrected chi connectivity index (χ1v) is 6.74. The van der Waals surface area contributed by atoms with E-state index in [1.165, 1.54) is 0 Å². The van der Waals surface area contributed by atoms with Crippen LogP contribution in [0.1, 0.15) is 12.5 Å². The van der Waals surface area contributed by atoms with Crippen LogP contribution in [0.3, 0.4) is 0 Å². The summed E-state index contributed by atoms with van der Waals surface area (Å²) >= 11 is 0. The van der Waals surface area contributed by atoms with Crippen LogP contribution < -0.4 is 4.90 Å². The molecule has 2 heterocycles. The van der Waals surface area contributed by atoms with Gasteiger partial charge in [0.2, 0.25) is 0 Å². The molecule has 1 aromatic heterocycles. The third-order valence-corrected chi connectivity index (χ3v) is 3.55. The van der Waals surface area contributed by atoms with Crippen molar-refractivity contribution in [2.45, 2.75) is 25.6 Å². The summed E-state index contributed by atoms with van der Waals surface area (Å²) in [5.74, 6) is 0.955. The summed E-state index contributed by atoms with van der Waals surface area (Å²) in [5, 5.41) is 9.90. The number of hydrogen-bond donors (Lipinski definition) is 1. The van der Waals surface area contributed by atoms with Crippen molar-refractivity contribution < 1.29 is 9.84 Å². The lowest BCUT2D eigenvalue weighted by Gasteiger charge is -2.28. The van der Waals surface area contributed by atoms with Gasteiger partial charge in [0.25, 0.3) is 0 Å². The van der Waals surface area contributed by atoms with Crippen molar-refractivity contribution >= 4 is 5.82 Å². The maximum Gasteiger partial charge on any atom is 0.127 e. The van der Waals surface area contributed by atoms with E-state index in [4.69, 9.17) is 4.74 Å². The normalized spacial score (nSPS) is 23.0.